The number of hydrogen-bond acceptors (Lipinski definition) is 5. The van der Waals surface area contributed by atoms with Crippen molar-refractivity contribution in [2.45, 2.75) is 19.8 Å². The van der Waals surface area contributed by atoms with E-state index in [1.165, 1.54) is 6.26 Å². The fraction of sp³-hybridized carbons (Fsp3) is 0.889. The highest BCUT2D eigenvalue weighted by atomic mass is 32.2. The lowest BCUT2D eigenvalue weighted by Crippen LogP contribution is -2.30. The third kappa shape index (κ3) is 8.49. The van der Waals surface area contributed by atoms with E-state index >= 15 is 0 Å². The quantitative estimate of drug-likeness (QED) is 0.271. The number of sulfone groups is 1. The largest absolute Gasteiger partial charge is 0.409 e. The molecule has 0 radical (unpaired) electrons. The van der Waals surface area contributed by atoms with Crippen molar-refractivity contribution in [2.24, 2.45) is 10.9 Å². The van der Waals surface area contributed by atoms with E-state index in [1.54, 1.807) is 0 Å². The Hall–Kier alpha value is -0.820. The van der Waals surface area contributed by atoms with Crippen LogP contribution in [-0.4, -0.2) is 56.0 Å². The molecule has 0 rings (SSSR count). The van der Waals surface area contributed by atoms with Crippen LogP contribution in [0.1, 0.15) is 19.8 Å². The fourth-order valence-electron chi connectivity index (χ4n) is 1.30. The number of nitrogens with zero attached hydrogens (tertiary/aromatic N) is 2. The first-order valence-electron chi connectivity index (χ1n) is 5.25. The van der Waals surface area contributed by atoms with Crippen molar-refractivity contribution in [3.05, 3.63) is 0 Å². The van der Waals surface area contributed by atoms with Crippen molar-refractivity contribution < 1.29 is 13.6 Å². The van der Waals surface area contributed by atoms with Crippen LogP contribution in [0.5, 0.6) is 0 Å². The van der Waals surface area contributed by atoms with Crippen LogP contribution in [0, 0.1) is 0 Å². The van der Waals surface area contributed by atoms with Crippen molar-refractivity contribution in [1.82, 2.24) is 4.90 Å². The van der Waals surface area contributed by atoms with Gasteiger partial charge >= 0.3 is 0 Å². The first-order valence-corrected chi connectivity index (χ1v) is 7.31. The Morgan fingerprint density at radius 3 is 2.50 bits per heavy atom. The Morgan fingerprint density at radius 1 is 1.44 bits per heavy atom. The van der Waals surface area contributed by atoms with Crippen LogP contribution in [0.4, 0.5) is 0 Å². The van der Waals surface area contributed by atoms with Gasteiger partial charge < -0.3 is 15.8 Å². The van der Waals surface area contributed by atoms with E-state index in [4.69, 9.17) is 10.9 Å². The lowest BCUT2D eigenvalue weighted by atomic mass is 10.3. The smallest absolute Gasteiger partial charge is 0.147 e. The molecule has 0 amide bonds. The SMILES string of the molecule is CCN(CCCS(C)(=O)=O)CCC(N)=NO. The van der Waals surface area contributed by atoms with Crippen LogP contribution < -0.4 is 5.73 Å². The number of oxime groups is 1. The molecule has 6 nitrogen and oxygen atoms in total. The van der Waals surface area contributed by atoms with E-state index in [9.17, 15) is 8.42 Å². The van der Waals surface area contributed by atoms with Crippen LogP contribution in [0.3, 0.4) is 0 Å². The Labute approximate surface area is 97.0 Å². The molecule has 96 valence electrons. The molecule has 0 atom stereocenters. The summed E-state index contributed by atoms with van der Waals surface area (Å²) in [7, 11) is -2.88. The Kier molecular flexibility index (Phi) is 7.07. The summed E-state index contributed by atoms with van der Waals surface area (Å²) >= 11 is 0. The molecule has 0 aliphatic carbocycles. The van der Waals surface area contributed by atoms with Gasteiger partial charge in [0.2, 0.25) is 0 Å². The van der Waals surface area contributed by atoms with Gasteiger partial charge in [-0.2, -0.15) is 0 Å². The third-order valence-corrected chi connectivity index (χ3v) is 3.28. The van der Waals surface area contributed by atoms with Crippen molar-refractivity contribution in [3.8, 4) is 0 Å². The molecule has 3 N–H and O–H groups in total. The summed E-state index contributed by atoms with van der Waals surface area (Å²) < 4.78 is 21.8. The maximum Gasteiger partial charge on any atom is 0.147 e. The molecular weight excluding hydrogens is 230 g/mol. The molecule has 7 heteroatoms. The van der Waals surface area contributed by atoms with Gasteiger partial charge in [-0.1, -0.05) is 12.1 Å². The highest BCUT2D eigenvalue weighted by molar-refractivity contribution is 7.90. The number of rotatable bonds is 8. The van der Waals surface area contributed by atoms with Crippen LogP contribution in [0.25, 0.3) is 0 Å². The van der Waals surface area contributed by atoms with E-state index in [0.717, 1.165) is 6.54 Å². The zero-order chi connectivity index (χ0) is 12.6. The molecule has 0 aromatic rings. The van der Waals surface area contributed by atoms with Gasteiger partial charge in [0.15, 0.2) is 0 Å². The number of amidine groups is 1. The predicted molar refractivity (Wildman–Crippen MR) is 64.5 cm³/mol. The molecule has 0 fully saturated rings. The lowest BCUT2D eigenvalue weighted by molar-refractivity contribution is 0.290. The van der Waals surface area contributed by atoms with Crippen molar-refractivity contribution in [3.63, 3.8) is 0 Å². The average molecular weight is 251 g/mol. The monoisotopic (exact) mass is 251 g/mol. The van der Waals surface area contributed by atoms with Gasteiger partial charge in [-0.25, -0.2) is 8.42 Å². The van der Waals surface area contributed by atoms with Gasteiger partial charge in [-0.05, 0) is 19.5 Å². The fourth-order valence-corrected chi connectivity index (χ4v) is 1.95. The summed E-state index contributed by atoms with van der Waals surface area (Å²) in [5.41, 5.74) is 5.35. The molecule has 0 saturated heterocycles. The van der Waals surface area contributed by atoms with E-state index in [2.05, 4.69) is 10.1 Å². The second-order valence-corrected chi connectivity index (χ2v) is 6.02. The predicted octanol–water partition coefficient (Wildman–Crippen LogP) is -0.120. The van der Waals surface area contributed by atoms with Crippen LogP contribution >= 0.6 is 0 Å². The molecule has 0 bridgehead atoms. The van der Waals surface area contributed by atoms with Crippen molar-refractivity contribution in [1.29, 1.82) is 0 Å². The third-order valence-electron chi connectivity index (χ3n) is 2.25. The van der Waals surface area contributed by atoms with Crippen molar-refractivity contribution in [2.75, 3.05) is 31.6 Å². The molecule has 0 aromatic heterocycles. The summed E-state index contributed by atoms with van der Waals surface area (Å²) in [5, 5.41) is 11.3. The summed E-state index contributed by atoms with van der Waals surface area (Å²) in [6, 6.07) is 0. The topological polar surface area (TPSA) is 96.0 Å². The minimum atomic E-state index is -2.88. The maximum absolute atomic E-state index is 10.9. The summed E-state index contributed by atoms with van der Waals surface area (Å²) in [6.07, 6.45) is 2.34. The van der Waals surface area contributed by atoms with Gasteiger partial charge in [-0.3, -0.25) is 0 Å². The normalized spacial score (nSPS) is 13.3. The van der Waals surface area contributed by atoms with E-state index < -0.39 is 9.84 Å². The molecule has 0 aromatic carbocycles. The Balaban J connectivity index is 3.84. The molecular formula is C9H21N3O3S. The van der Waals surface area contributed by atoms with Crippen molar-refractivity contribution >= 4 is 15.7 Å². The summed E-state index contributed by atoms with van der Waals surface area (Å²) in [5.74, 6) is 0.397. The summed E-state index contributed by atoms with van der Waals surface area (Å²) in [6.45, 7) is 4.20. The van der Waals surface area contributed by atoms with Gasteiger partial charge in [0.25, 0.3) is 0 Å². The number of hydrogen-bond donors (Lipinski definition) is 2. The molecule has 0 heterocycles. The second-order valence-electron chi connectivity index (χ2n) is 3.76. The zero-order valence-corrected chi connectivity index (χ0v) is 10.7. The Morgan fingerprint density at radius 2 is 2.06 bits per heavy atom. The second kappa shape index (κ2) is 7.45. The molecule has 0 saturated carbocycles. The van der Waals surface area contributed by atoms with Gasteiger partial charge in [0.1, 0.15) is 15.7 Å². The Bertz CT molecular complexity index is 314. The summed E-state index contributed by atoms with van der Waals surface area (Å²) in [4.78, 5) is 2.07. The standard InChI is InChI=1S/C9H21N3O3S/c1-3-12(7-5-9(10)11-13)6-4-8-16(2,14)15/h13H,3-8H2,1-2H3,(H2,10,11). The zero-order valence-electron chi connectivity index (χ0n) is 9.89. The first-order chi connectivity index (χ1) is 7.39. The van der Waals surface area contributed by atoms with Gasteiger partial charge in [0, 0.05) is 19.2 Å². The molecule has 0 aliphatic heterocycles. The number of nitrogens with two attached hydrogens (primary N) is 1. The highest BCUT2D eigenvalue weighted by Gasteiger charge is 2.06. The van der Waals surface area contributed by atoms with Crippen LogP contribution in [0.2, 0.25) is 0 Å². The van der Waals surface area contributed by atoms with Crippen LogP contribution in [0.15, 0.2) is 5.16 Å². The maximum atomic E-state index is 10.9. The molecule has 0 unspecified atom stereocenters. The van der Waals surface area contributed by atoms with E-state index in [-0.39, 0.29) is 11.6 Å². The molecule has 0 spiro atoms. The first kappa shape index (κ1) is 15.2. The van der Waals surface area contributed by atoms with Crippen LogP contribution in [-0.2, 0) is 9.84 Å². The van der Waals surface area contributed by atoms with Gasteiger partial charge in [-0.15, -0.1) is 0 Å². The van der Waals surface area contributed by atoms with E-state index in [1.807, 2.05) is 6.92 Å². The lowest BCUT2D eigenvalue weighted by Gasteiger charge is -2.19. The molecule has 0 aliphatic rings. The molecule has 16 heavy (non-hydrogen) atoms. The highest BCUT2D eigenvalue weighted by Crippen LogP contribution is 1.96. The minimum Gasteiger partial charge on any atom is -0.409 e. The van der Waals surface area contributed by atoms with E-state index in [0.29, 0.717) is 25.9 Å². The average Bonchev–Trinajstić information content (AvgIpc) is 2.20. The van der Waals surface area contributed by atoms with Gasteiger partial charge in [0.05, 0.1) is 5.75 Å². The minimum absolute atomic E-state index is 0.196.